The number of nitrogens with zero attached hydrogens (tertiary/aromatic N) is 2. The summed E-state index contributed by atoms with van der Waals surface area (Å²) in [6.45, 7) is 2.20. The lowest BCUT2D eigenvalue weighted by Gasteiger charge is -2.42. The minimum absolute atomic E-state index is 0.0249. The van der Waals surface area contributed by atoms with E-state index in [2.05, 4.69) is 162 Å². The van der Waals surface area contributed by atoms with Crippen molar-refractivity contribution >= 4 is 72.9 Å². The van der Waals surface area contributed by atoms with E-state index in [0.29, 0.717) is 0 Å². The standard InChI is InChI=1S/C43H27BN2O/c1-26-13-5-6-16-28(26)32-25-33-40-37(24-23-30-29-17-8-12-22-38(29)47-43(30)40)46(27-14-3-2-4-15-27)44-34-19-9-11-21-36(34)45-35-20-10-7-18-31(35)39(32)42(45)41(33)44/h2-25H,1H3. The van der Waals surface area contributed by atoms with Crippen molar-refractivity contribution in [2.24, 2.45) is 0 Å². The molecule has 0 N–H and O–H groups in total. The van der Waals surface area contributed by atoms with Gasteiger partial charge in [-0.05, 0) is 88.6 Å². The van der Waals surface area contributed by atoms with Crippen LogP contribution in [0.25, 0.3) is 71.7 Å². The Balaban J connectivity index is 1.42. The second kappa shape index (κ2) is 9.05. The highest BCUT2D eigenvalue weighted by Crippen LogP contribution is 2.51. The van der Waals surface area contributed by atoms with Gasteiger partial charge in [-0.1, -0.05) is 97.1 Å². The number of hydrogen-bond donors (Lipinski definition) is 0. The first-order valence-corrected chi connectivity index (χ1v) is 16.3. The topological polar surface area (TPSA) is 21.3 Å². The van der Waals surface area contributed by atoms with Gasteiger partial charge in [-0.2, -0.15) is 0 Å². The molecule has 0 saturated carbocycles. The fourth-order valence-electron chi connectivity index (χ4n) is 8.61. The minimum Gasteiger partial charge on any atom is -0.455 e. The number of hydrogen-bond acceptors (Lipinski definition) is 2. The Bertz CT molecular complexity index is 2770. The first-order valence-electron chi connectivity index (χ1n) is 16.3. The van der Waals surface area contributed by atoms with Crippen LogP contribution < -0.4 is 15.7 Å². The first kappa shape index (κ1) is 25.2. The van der Waals surface area contributed by atoms with Crippen molar-refractivity contribution in [3.05, 3.63) is 151 Å². The molecule has 218 valence electrons. The van der Waals surface area contributed by atoms with Crippen LogP contribution in [0.1, 0.15) is 5.56 Å². The predicted molar refractivity (Wildman–Crippen MR) is 197 cm³/mol. The van der Waals surface area contributed by atoms with Gasteiger partial charge >= 0.3 is 6.85 Å². The Morgan fingerprint density at radius 3 is 2.21 bits per heavy atom. The number of aromatic nitrogens is 1. The first-order chi connectivity index (χ1) is 23.3. The van der Waals surface area contributed by atoms with Crippen LogP contribution in [0.15, 0.2) is 150 Å². The third-order valence-corrected chi connectivity index (χ3v) is 10.5. The average Bonchev–Trinajstić information content (AvgIpc) is 3.68. The zero-order chi connectivity index (χ0) is 30.8. The summed E-state index contributed by atoms with van der Waals surface area (Å²) in [5, 5.41) is 4.87. The van der Waals surface area contributed by atoms with Gasteiger partial charge in [-0.3, -0.25) is 0 Å². The van der Waals surface area contributed by atoms with Gasteiger partial charge in [0, 0.05) is 44.2 Å². The van der Waals surface area contributed by atoms with E-state index in [9.17, 15) is 0 Å². The van der Waals surface area contributed by atoms with Gasteiger partial charge in [0.1, 0.15) is 11.2 Å². The molecule has 4 heterocycles. The highest BCUT2D eigenvalue weighted by molar-refractivity contribution is 6.94. The summed E-state index contributed by atoms with van der Waals surface area (Å²) >= 11 is 0. The van der Waals surface area contributed by atoms with Crippen LogP contribution in [0.4, 0.5) is 11.4 Å². The maximum Gasteiger partial charge on any atom is 0.333 e. The smallest absolute Gasteiger partial charge is 0.333 e. The summed E-state index contributed by atoms with van der Waals surface area (Å²) in [6, 6.07) is 53.1. The molecule has 0 aliphatic carbocycles. The molecule has 0 amide bonds. The van der Waals surface area contributed by atoms with Crippen molar-refractivity contribution in [1.82, 2.24) is 4.57 Å². The molecule has 0 radical (unpaired) electrons. The Labute approximate surface area is 272 Å². The van der Waals surface area contributed by atoms with E-state index >= 15 is 0 Å². The van der Waals surface area contributed by atoms with Crippen LogP contribution in [0.3, 0.4) is 0 Å². The lowest BCUT2D eigenvalue weighted by atomic mass is 9.44. The van der Waals surface area contributed by atoms with E-state index in [1.807, 2.05) is 0 Å². The van der Waals surface area contributed by atoms with E-state index in [1.54, 1.807) is 0 Å². The molecule has 0 saturated heterocycles. The number of para-hydroxylation sites is 4. The summed E-state index contributed by atoms with van der Waals surface area (Å²) in [4.78, 5) is 2.55. The molecule has 0 atom stereocenters. The molecule has 11 rings (SSSR count). The van der Waals surface area contributed by atoms with Crippen molar-refractivity contribution in [1.29, 1.82) is 0 Å². The van der Waals surface area contributed by atoms with Gasteiger partial charge in [-0.25, -0.2) is 0 Å². The predicted octanol–water partition coefficient (Wildman–Crippen LogP) is 9.90. The molecule has 0 spiro atoms. The molecular formula is C43H27BN2O. The zero-order valence-corrected chi connectivity index (χ0v) is 25.7. The highest BCUT2D eigenvalue weighted by atomic mass is 16.3. The van der Waals surface area contributed by atoms with Gasteiger partial charge in [-0.15, -0.1) is 0 Å². The Morgan fingerprint density at radius 2 is 1.32 bits per heavy atom. The Hall–Kier alpha value is -6.00. The number of aryl methyl sites for hydroxylation is 1. The monoisotopic (exact) mass is 598 g/mol. The quantitative estimate of drug-likeness (QED) is 0.185. The molecule has 0 unspecified atom stereocenters. The van der Waals surface area contributed by atoms with Gasteiger partial charge < -0.3 is 13.8 Å². The molecule has 4 heteroatoms. The Morgan fingerprint density at radius 1 is 0.574 bits per heavy atom. The van der Waals surface area contributed by atoms with Crippen LogP contribution in [-0.4, -0.2) is 11.4 Å². The highest BCUT2D eigenvalue weighted by Gasteiger charge is 2.45. The number of furan rings is 1. The molecule has 2 aliphatic rings. The van der Waals surface area contributed by atoms with Crippen LogP contribution in [0.2, 0.25) is 0 Å². The normalized spacial score (nSPS) is 13.1. The van der Waals surface area contributed by atoms with Crippen molar-refractivity contribution in [2.75, 3.05) is 4.81 Å². The summed E-state index contributed by atoms with van der Waals surface area (Å²) in [7, 11) is 0. The summed E-state index contributed by atoms with van der Waals surface area (Å²) < 4.78 is 9.38. The third kappa shape index (κ3) is 3.17. The molecule has 9 aromatic rings. The lowest BCUT2D eigenvalue weighted by molar-refractivity contribution is 0.670. The Kier molecular flexibility index (Phi) is 4.86. The summed E-state index contributed by atoms with van der Waals surface area (Å²) in [6.07, 6.45) is 0. The third-order valence-electron chi connectivity index (χ3n) is 10.5. The van der Waals surface area contributed by atoms with E-state index in [4.69, 9.17) is 4.42 Å². The van der Waals surface area contributed by atoms with Crippen LogP contribution in [0, 0.1) is 6.92 Å². The molecule has 3 nitrogen and oxygen atoms in total. The largest absolute Gasteiger partial charge is 0.455 e. The van der Waals surface area contributed by atoms with Crippen molar-refractivity contribution in [2.45, 2.75) is 6.92 Å². The van der Waals surface area contributed by atoms with E-state index in [0.717, 1.165) is 38.9 Å². The average molecular weight is 599 g/mol. The second-order valence-corrected chi connectivity index (χ2v) is 12.9. The molecule has 0 fully saturated rings. The van der Waals surface area contributed by atoms with Crippen LogP contribution >= 0.6 is 0 Å². The van der Waals surface area contributed by atoms with Crippen LogP contribution in [0.5, 0.6) is 0 Å². The number of fused-ring (bicyclic) bond motifs is 12. The molecule has 2 aromatic heterocycles. The number of benzene rings is 7. The number of rotatable bonds is 2. The zero-order valence-electron chi connectivity index (χ0n) is 25.7. The van der Waals surface area contributed by atoms with E-state index < -0.39 is 0 Å². The number of anilines is 2. The SMILES string of the molecule is Cc1ccccc1-c1cc2c3c4c1c1ccccc1n4-c1ccccc1B3N(c1ccccc1)c1ccc3c(oc4ccccc43)c1-2. The second-order valence-electron chi connectivity index (χ2n) is 12.9. The fourth-order valence-corrected chi connectivity index (χ4v) is 8.61. The summed E-state index contributed by atoms with van der Waals surface area (Å²) in [5.74, 6) is 0. The molecule has 2 aliphatic heterocycles. The minimum atomic E-state index is -0.0249. The van der Waals surface area contributed by atoms with Gasteiger partial charge in [0.05, 0.1) is 11.0 Å². The summed E-state index contributed by atoms with van der Waals surface area (Å²) in [5.41, 5.74) is 16.7. The fraction of sp³-hybridized carbons (Fsp3) is 0.0233. The van der Waals surface area contributed by atoms with Gasteiger partial charge in [0.15, 0.2) is 0 Å². The molecule has 7 aromatic carbocycles. The van der Waals surface area contributed by atoms with Crippen LogP contribution in [-0.2, 0) is 0 Å². The van der Waals surface area contributed by atoms with E-state index in [1.165, 1.54) is 60.7 Å². The van der Waals surface area contributed by atoms with Crippen molar-refractivity contribution in [3.8, 4) is 27.9 Å². The van der Waals surface area contributed by atoms with E-state index in [-0.39, 0.29) is 6.85 Å². The maximum atomic E-state index is 6.85. The lowest BCUT2D eigenvalue weighted by Crippen LogP contribution is -2.60. The molecule has 47 heavy (non-hydrogen) atoms. The molecular weight excluding hydrogens is 571 g/mol. The molecule has 0 bridgehead atoms. The van der Waals surface area contributed by atoms with Crippen molar-refractivity contribution < 1.29 is 4.42 Å². The maximum absolute atomic E-state index is 6.85. The van der Waals surface area contributed by atoms with Crippen molar-refractivity contribution in [3.63, 3.8) is 0 Å². The van der Waals surface area contributed by atoms with Gasteiger partial charge in [0.2, 0.25) is 0 Å². The van der Waals surface area contributed by atoms with Gasteiger partial charge in [0.25, 0.3) is 0 Å².